The lowest BCUT2D eigenvalue weighted by Crippen LogP contribution is -2.31. The van der Waals surface area contributed by atoms with Crippen LogP contribution in [-0.2, 0) is 4.79 Å². The van der Waals surface area contributed by atoms with Gasteiger partial charge in [-0.3, -0.25) is 4.79 Å². The molecule has 0 amide bonds. The first kappa shape index (κ1) is 13.9. The smallest absolute Gasteiger partial charge is 0.248 e. The van der Waals surface area contributed by atoms with E-state index in [2.05, 4.69) is 20.8 Å². The molecule has 0 unspecified atom stereocenters. The van der Waals surface area contributed by atoms with E-state index < -0.39 is 0 Å². The molecular formula is C16H17N5O2. The van der Waals surface area contributed by atoms with Crippen LogP contribution in [0.1, 0.15) is 37.8 Å². The van der Waals surface area contributed by atoms with Gasteiger partial charge in [0.1, 0.15) is 11.8 Å². The number of ether oxygens (including phenoxy) is 1. The van der Waals surface area contributed by atoms with Crippen LogP contribution in [0.2, 0.25) is 0 Å². The minimum atomic E-state index is -0.278. The molecule has 1 aliphatic carbocycles. The fourth-order valence-electron chi connectivity index (χ4n) is 3.24. The molecule has 0 saturated carbocycles. The lowest BCUT2D eigenvalue weighted by molar-refractivity contribution is -0.116. The van der Waals surface area contributed by atoms with Crippen molar-refractivity contribution in [1.29, 1.82) is 0 Å². The van der Waals surface area contributed by atoms with E-state index in [1.165, 1.54) is 0 Å². The maximum atomic E-state index is 12.5. The lowest BCUT2D eigenvalue weighted by atomic mass is 9.85. The summed E-state index contributed by atoms with van der Waals surface area (Å²) in [7, 11) is 0. The number of ketones is 1. The van der Waals surface area contributed by atoms with Crippen LogP contribution in [-0.4, -0.2) is 32.6 Å². The van der Waals surface area contributed by atoms with Crippen molar-refractivity contribution in [2.75, 3.05) is 11.9 Å². The number of nitrogens with zero attached hydrogens (tertiary/aromatic N) is 4. The van der Waals surface area contributed by atoms with E-state index in [0.29, 0.717) is 19.0 Å². The van der Waals surface area contributed by atoms with Crippen molar-refractivity contribution in [2.24, 2.45) is 0 Å². The van der Waals surface area contributed by atoms with Crippen molar-refractivity contribution >= 4 is 11.7 Å². The highest BCUT2D eigenvalue weighted by Gasteiger charge is 2.36. The second kappa shape index (κ2) is 5.49. The van der Waals surface area contributed by atoms with Gasteiger partial charge in [-0.25, -0.2) is 0 Å². The predicted molar refractivity (Wildman–Crippen MR) is 83.1 cm³/mol. The van der Waals surface area contributed by atoms with Gasteiger partial charge in [0.25, 0.3) is 0 Å². The van der Waals surface area contributed by atoms with Crippen molar-refractivity contribution in [1.82, 2.24) is 20.2 Å². The maximum absolute atomic E-state index is 12.5. The normalized spacial score (nSPS) is 19.9. The van der Waals surface area contributed by atoms with Crippen LogP contribution in [0.3, 0.4) is 0 Å². The van der Waals surface area contributed by atoms with Crippen LogP contribution >= 0.6 is 0 Å². The zero-order valence-electron chi connectivity index (χ0n) is 12.8. The van der Waals surface area contributed by atoms with Gasteiger partial charge >= 0.3 is 0 Å². The van der Waals surface area contributed by atoms with Crippen LogP contribution in [0, 0.1) is 0 Å². The summed E-state index contributed by atoms with van der Waals surface area (Å²) in [6.07, 6.45) is 2.29. The summed E-state index contributed by atoms with van der Waals surface area (Å²) in [4.78, 5) is 12.5. The molecule has 118 valence electrons. The molecule has 0 fully saturated rings. The number of Topliss-reactive ketones (excluding diaryl/α,β-unsaturated/α-hetero) is 1. The number of anilines is 1. The van der Waals surface area contributed by atoms with Gasteiger partial charge in [-0.2, -0.15) is 4.68 Å². The average Bonchev–Trinajstić information content (AvgIpc) is 3.02. The number of tetrazole rings is 1. The Kier molecular flexibility index (Phi) is 3.33. The Morgan fingerprint density at radius 2 is 2.13 bits per heavy atom. The minimum Gasteiger partial charge on any atom is -0.494 e. The van der Waals surface area contributed by atoms with E-state index in [1.54, 1.807) is 4.68 Å². The molecule has 1 N–H and O–H groups in total. The third-order valence-corrected chi connectivity index (χ3v) is 4.24. The summed E-state index contributed by atoms with van der Waals surface area (Å²) in [5.74, 6) is 1.56. The molecule has 0 radical (unpaired) electrons. The van der Waals surface area contributed by atoms with Crippen molar-refractivity contribution < 1.29 is 9.53 Å². The number of hydrogen-bond donors (Lipinski definition) is 1. The van der Waals surface area contributed by atoms with E-state index in [0.717, 1.165) is 35.4 Å². The van der Waals surface area contributed by atoms with Crippen LogP contribution < -0.4 is 10.1 Å². The van der Waals surface area contributed by atoms with Gasteiger partial charge in [-0.15, -0.1) is 0 Å². The first-order valence-electron chi connectivity index (χ1n) is 7.82. The highest BCUT2D eigenvalue weighted by atomic mass is 16.5. The summed E-state index contributed by atoms with van der Waals surface area (Å²) in [6, 6.07) is 7.49. The van der Waals surface area contributed by atoms with Crippen LogP contribution in [0.4, 0.5) is 5.95 Å². The van der Waals surface area contributed by atoms with Gasteiger partial charge in [0.2, 0.25) is 5.95 Å². The number of benzene rings is 1. The zero-order valence-corrected chi connectivity index (χ0v) is 12.8. The number of nitrogens with one attached hydrogen (secondary N) is 1. The summed E-state index contributed by atoms with van der Waals surface area (Å²) < 4.78 is 7.17. The molecule has 0 spiro atoms. The third kappa shape index (κ3) is 2.28. The molecule has 0 bridgehead atoms. The molecule has 2 aliphatic rings. The fraction of sp³-hybridized carbons (Fsp3) is 0.375. The van der Waals surface area contributed by atoms with Gasteiger partial charge in [-0.05, 0) is 47.9 Å². The van der Waals surface area contributed by atoms with Crippen molar-refractivity contribution in [2.45, 2.75) is 32.2 Å². The number of carbonyl (C=O) groups excluding carboxylic acids is 1. The largest absolute Gasteiger partial charge is 0.494 e. The van der Waals surface area contributed by atoms with Crippen LogP contribution in [0.15, 0.2) is 35.5 Å². The number of aromatic nitrogens is 4. The average molecular weight is 311 g/mol. The number of rotatable bonds is 3. The fourth-order valence-corrected chi connectivity index (χ4v) is 3.24. The van der Waals surface area contributed by atoms with Gasteiger partial charge in [0.05, 0.1) is 6.61 Å². The second-order valence-corrected chi connectivity index (χ2v) is 5.65. The topological polar surface area (TPSA) is 81.9 Å². The van der Waals surface area contributed by atoms with Gasteiger partial charge in [-0.1, -0.05) is 17.2 Å². The summed E-state index contributed by atoms with van der Waals surface area (Å²) in [5, 5.41) is 15.0. The summed E-state index contributed by atoms with van der Waals surface area (Å²) in [6.45, 7) is 2.57. The van der Waals surface area contributed by atoms with E-state index in [4.69, 9.17) is 4.74 Å². The molecule has 7 heteroatoms. The Balaban J connectivity index is 1.81. The Morgan fingerprint density at radius 3 is 2.91 bits per heavy atom. The minimum absolute atomic E-state index is 0.166. The molecule has 1 aromatic heterocycles. The second-order valence-electron chi connectivity index (χ2n) is 5.65. The quantitative estimate of drug-likeness (QED) is 0.934. The molecule has 1 aromatic carbocycles. The predicted octanol–water partition coefficient (Wildman–Crippen LogP) is 2.09. The van der Waals surface area contributed by atoms with Gasteiger partial charge in [0, 0.05) is 17.7 Å². The molecule has 1 aliphatic heterocycles. The summed E-state index contributed by atoms with van der Waals surface area (Å²) in [5.41, 5.74) is 2.70. The number of hydrogen-bond acceptors (Lipinski definition) is 6. The van der Waals surface area contributed by atoms with E-state index >= 15 is 0 Å². The first-order valence-corrected chi connectivity index (χ1v) is 7.82. The molecule has 0 saturated heterocycles. The Bertz CT molecular complexity index is 778. The monoisotopic (exact) mass is 311 g/mol. The molecular weight excluding hydrogens is 294 g/mol. The van der Waals surface area contributed by atoms with Crippen LogP contribution in [0.5, 0.6) is 5.75 Å². The Morgan fingerprint density at radius 1 is 1.30 bits per heavy atom. The number of allylic oxidation sites excluding steroid dienone is 2. The Labute approximate surface area is 133 Å². The number of fused-ring (bicyclic) bond motifs is 1. The third-order valence-electron chi connectivity index (χ3n) is 4.24. The Hall–Kier alpha value is -2.70. The SMILES string of the molecule is CCOc1ccc([C@H]2C3=C(CCCC3=O)Nc3nnnn32)cc1. The number of carbonyl (C=O) groups is 1. The molecule has 2 heterocycles. The highest BCUT2D eigenvalue weighted by Crippen LogP contribution is 2.39. The molecule has 7 nitrogen and oxygen atoms in total. The van der Waals surface area contributed by atoms with Crippen LogP contribution in [0.25, 0.3) is 0 Å². The van der Waals surface area contributed by atoms with Gasteiger partial charge in [0.15, 0.2) is 5.78 Å². The molecule has 23 heavy (non-hydrogen) atoms. The van der Waals surface area contributed by atoms with E-state index in [-0.39, 0.29) is 11.8 Å². The first-order chi connectivity index (χ1) is 11.3. The molecule has 1 atom stereocenters. The molecule has 2 aromatic rings. The van der Waals surface area contributed by atoms with E-state index in [1.807, 2.05) is 31.2 Å². The zero-order chi connectivity index (χ0) is 15.8. The van der Waals surface area contributed by atoms with Gasteiger partial charge < -0.3 is 10.1 Å². The molecule has 4 rings (SSSR count). The standard InChI is InChI=1S/C16H17N5O2/c1-2-23-11-8-6-10(7-9-11)15-14-12(4-3-5-13(14)22)17-16-18-19-20-21(15)16/h6-9,15H,2-5H2,1H3,(H,17,18,20)/t15-/m0/s1. The lowest BCUT2D eigenvalue weighted by Gasteiger charge is -2.31. The van der Waals surface area contributed by atoms with Crippen molar-refractivity contribution in [3.05, 3.63) is 41.1 Å². The maximum Gasteiger partial charge on any atom is 0.248 e. The van der Waals surface area contributed by atoms with E-state index in [9.17, 15) is 4.79 Å². The van der Waals surface area contributed by atoms with Crippen molar-refractivity contribution in [3.8, 4) is 5.75 Å². The summed E-state index contributed by atoms with van der Waals surface area (Å²) >= 11 is 0. The highest BCUT2D eigenvalue weighted by molar-refractivity contribution is 5.99. The van der Waals surface area contributed by atoms with Crippen molar-refractivity contribution in [3.63, 3.8) is 0 Å².